The van der Waals surface area contributed by atoms with Crippen LogP contribution in [0.3, 0.4) is 0 Å². The molecule has 1 aliphatic heterocycles. The van der Waals surface area contributed by atoms with Crippen LogP contribution in [0.5, 0.6) is 0 Å². The van der Waals surface area contributed by atoms with Crippen LogP contribution in [0.25, 0.3) is 0 Å². The highest BCUT2D eigenvalue weighted by Crippen LogP contribution is 2.32. The lowest BCUT2D eigenvalue weighted by atomic mass is 9.95. The van der Waals surface area contributed by atoms with Crippen molar-refractivity contribution in [2.24, 2.45) is 17.6 Å². The molecule has 0 radical (unpaired) electrons. The van der Waals surface area contributed by atoms with E-state index >= 15 is 0 Å². The summed E-state index contributed by atoms with van der Waals surface area (Å²) in [7, 11) is -1.56. The van der Waals surface area contributed by atoms with Crippen LogP contribution in [0.2, 0.25) is 0 Å². The lowest BCUT2D eigenvalue weighted by Crippen LogP contribution is -2.47. The monoisotopic (exact) mass is 380 g/mol. The zero-order valence-electron chi connectivity index (χ0n) is 15.2. The van der Waals surface area contributed by atoms with E-state index in [2.05, 4.69) is 10.2 Å². The Labute approximate surface area is 155 Å². The van der Waals surface area contributed by atoms with Crippen LogP contribution in [-0.4, -0.2) is 63.3 Å². The molecular formula is C18H28N4O3S. The average molecular weight is 381 g/mol. The van der Waals surface area contributed by atoms with E-state index in [-0.39, 0.29) is 22.6 Å². The number of rotatable bonds is 5. The minimum atomic E-state index is -3.54. The van der Waals surface area contributed by atoms with E-state index in [1.807, 2.05) is 7.05 Å². The molecule has 1 amide bonds. The van der Waals surface area contributed by atoms with E-state index in [9.17, 15) is 13.2 Å². The molecule has 1 saturated carbocycles. The average Bonchev–Trinajstić information content (AvgIpc) is 3.11. The van der Waals surface area contributed by atoms with Crippen molar-refractivity contribution < 1.29 is 13.2 Å². The Bertz CT molecular complexity index is 745. The Hall–Kier alpha value is -1.48. The zero-order chi connectivity index (χ0) is 18.7. The molecule has 8 heteroatoms. The van der Waals surface area contributed by atoms with Gasteiger partial charge in [-0.1, -0.05) is 12.5 Å². The zero-order valence-corrected chi connectivity index (χ0v) is 16.0. The Balaban J connectivity index is 1.72. The second-order valence-electron chi connectivity index (χ2n) is 7.26. The van der Waals surface area contributed by atoms with Crippen LogP contribution in [0.4, 0.5) is 5.69 Å². The first-order chi connectivity index (χ1) is 12.4. The highest BCUT2D eigenvalue weighted by molar-refractivity contribution is 7.89. The number of hydrogen-bond acceptors (Lipinski definition) is 5. The summed E-state index contributed by atoms with van der Waals surface area (Å²) < 4.78 is 27.2. The molecule has 2 aliphatic rings. The summed E-state index contributed by atoms with van der Waals surface area (Å²) in [5.74, 6) is 0.0669. The summed E-state index contributed by atoms with van der Waals surface area (Å²) in [6.07, 6.45) is 2.83. The number of nitrogens with one attached hydrogen (secondary N) is 1. The number of anilines is 1. The normalized spacial score (nSPS) is 25.3. The molecule has 3 rings (SSSR count). The van der Waals surface area contributed by atoms with Crippen LogP contribution in [0, 0.1) is 11.8 Å². The largest absolute Gasteiger partial charge is 0.330 e. The van der Waals surface area contributed by atoms with Crippen molar-refractivity contribution in [3.05, 3.63) is 24.3 Å². The minimum absolute atomic E-state index is 0.0629. The lowest BCUT2D eigenvalue weighted by molar-refractivity contribution is -0.120. The van der Waals surface area contributed by atoms with E-state index in [0.29, 0.717) is 25.3 Å². The number of likely N-dealkylation sites (N-methyl/N-ethyl adjacent to an activating group) is 1. The molecule has 1 saturated heterocycles. The third-order valence-corrected chi connectivity index (χ3v) is 7.39. The number of piperazine rings is 1. The van der Waals surface area contributed by atoms with Gasteiger partial charge in [0.1, 0.15) is 0 Å². The van der Waals surface area contributed by atoms with Gasteiger partial charge in [-0.25, -0.2) is 8.42 Å². The molecule has 1 heterocycles. The molecular weight excluding hydrogens is 352 g/mol. The highest BCUT2D eigenvalue weighted by Gasteiger charge is 2.32. The molecule has 144 valence electrons. The molecule has 7 nitrogen and oxygen atoms in total. The van der Waals surface area contributed by atoms with Gasteiger partial charge >= 0.3 is 0 Å². The van der Waals surface area contributed by atoms with Gasteiger partial charge in [-0.2, -0.15) is 4.31 Å². The maximum absolute atomic E-state index is 12.9. The summed E-state index contributed by atoms with van der Waals surface area (Å²) >= 11 is 0. The predicted octanol–water partition coefficient (Wildman–Crippen LogP) is 0.936. The van der Waals surface area contributed by atoms with Gasteiger partial charge in [-0.3, -0.25) is 4.79 Å². The fourth-order valence-corrected chi connectivity index (χ4v) is 5.28. The SMILES string of the molecule is CN1CCN(S(=O)(=O)c2cccc(NC(=O)[C@@H]3CCC[C@@H]3CN)c2)CC1. The summed E-state index contributed by atoms with van der Waals surface area (Å²) in [4.78, 5) is 14.9. The summed E-state index contributed by atoms with van der Waals surface area (Å²) in [5.41, 5.74) is 6.28. The Morgan fingerprint density at radius 1 is 1.23 bits per heavy atom. The fourth-order valence-electron chi connectivity index (χ4n) is 3.81. The highest BCUT2D eigenvalue weighted by atomic mass is 32.2. The molecule has 0 aromatic heterocycles. The van der Waals surface area contributed by atoms with Crippen molar-refractivity contribution in [2.75, 3.05) is 45.1 Å². The first-order valence-electron chi connectivity index (χ1n) is 9.21. The van der Waals surface area contributed by atoms with Crippen LogP contribution in [0.1, 0.15) is 19.3 Å². The maximum atomic E-state index is 12.9. The topological polar surface area (TPSA) is 95.7 Å². The van der Waals surface area contributed by atoms with Gasteiger partial charge in [0.15, 0.2) is 0 Å². The van der Waals surface area contributed by atoms with Gasteiger partial charge in [0.05, 0.1) is 4.90 Å². The molecule has 26 heavy (non-hydrogen) atoms. The van der Waals surface area contributed by atoms with Crippen LogP contribution < -0.4 is 11.1 Å². The molecule has 0 bridgehead atoms. The van der Waals surface area contributed by atoms with Crippen molar-refractivity contribution >= 4 is 21.6 Å². The van der Waals surface area contributed by atoms with E-state index in [1.165, 1.54) is 4.31 Å². The molecule has 2 atom stereocenters. The summed E-state index contributed by atoms with van der Waals surface area (Å²) in [6.45, 7) is 2.91. The Morgan fingerprint density at radius 3 is 2.65 bits per heavy atom. The van der Waals surface area contributed by atoms with E-state index in [0.717, 1.165) is 32.4 Å². The summed E-state index contributed by atoms with van der Waals surface area (Å²) in [6, 6.07) is 6.54. The number of carbonyl (C=O) groups is 1. The lowest BCUT2D eigenvalue weighted by Gasteiger charge is -2.31. The molecule has 3 N–H and O–H groups in total. The van der Waals surface area contributed by atoms with E-state index < -0.39 is 10.0 Å². The smallest absolute Gasteiger partial charge is 0.243 e. The maximum Gasteiger partial charge on any atom is 0.243 e. The van der Waals surface area contributed by atoms with Crippen molar-refractivity contribution in [3.8, 4) is 0 Å². The number of hydrogen-bond donors (Lipinski definition) is 2. The van der Waals surface area contributed by atoms with Crippen molar-refractivity contribution in [2.45, 2.75) is 24.2 Å². The molecule has 0 unspecified atom stereocenters. The quantitative estimate of drug-likeness (QED) is 0.792. The second kappa shape index (κ2) is 8.04. The van der Waals surface area contributed by atoms with E-state index in [1.54, 1.807) is 24.3 Å². The first kappa shape index (κ1) is 19.3. The van der Waals surface area contributed by atoms with Crippen LogP contribution in [0.15, 0.2) is 29.2 Å². The second-order valence-corrected chi connectivity index (χ2v) is 9.20. The van der Waals surface area contributed by atoms with Gasteiger partial charge in [0, 0.05) is 37.8 Å². The van der Waals surface area contributed by atoms with Crippen LogP contribution >= 0.6 is 0 Å². The molecule has 1 aliphatic carbocycles. The number of nitrogens with two attached hydrogens (primary N) is 1. The fraction of sp³-hybridized carbons (Fsp3) is 0.611. The third-order valence-electron chi connectivity index (χ3n) is 5.50. The molecule has 1 aromatic carbocycles. The van der Waals surface area contributed by atoms with E-state index in [4.69, 9.17) is 5.73 Å². The van der Waals surface area contributed by atoms with Gasteiger partial charge in [-0.05, 0) is 50.6 Å². The molecule has 1 aromatic rings. The number of nitrogens with zero attached hydrogens (tertiary/aromatic N) is 2. The van der Waals surface area contributed by atoms with Gasteiger partial charge in [0.2, 0.25) is 15.9 Å². The molecule has 2 fully saturated rings. The summed E-state index contributed by atoms with van der Waals surface area (Å²) in [5, 5.41) is 2.88. The third kappa shape index (κ3) is 4.09. The number of benzene rings is 1. The van der Waals surface area contributed by atoms with Crippen molar-refractivity contribution in [1.29, 1.82) is 0 Å². The number of amides is 1. The van der Waals surface area contributed by atoms with Crippen LogP contribution in [-0.2, 0) is 14.8 Å². The minimum Gasteiger partial charge on any atom is -0.330 e. The number of sulfonamides is 1. The Morgan fingerprint density at radius 2 is 1.96 bits per heavy atom. The first-order valence-corrected chi connectivity index (χ1v) is 10.7. The van der Waals surface area contributed by atoms with Crippen molar-refractivity contribution in [3.63, 3.8) is 0 Å². The van der Waals surface area contributed by atoms with Gasteiger partial charge < -0.3 is 16.0 Å². The number of carbonyl (C=O) groups excluding carboxylic acids is 1. The standard InChI is InChI=1S/C18H28N4O3S/c1-21-8-10-22(11-9-21)26(24,25)16-6-3-5-15(12-16)20-18(23)17-7-2-4-14(17)13-19/h3,5-6,12,14,17H,2,4,7-11,13,19H2,1H3,(H,20,23)/t14-,17-/m1/s1. The Kier molecular flexibility index (Phi) is 5.96. The van der Waals surface area contributed by atoms with Gasteiger partial charge in [0.25, 0.3) is 0 Å². The molecule has 0 spiro atoms. The predicted molar refractivity (Wildman–Crippen MR) is 101 cm³/mol. The van der Waals surface area contributed by atoms with Crippen molar-refractivity contribution in [1.82, 2.24) is 9.21 Å². The van der Waals surface area contributed by atoms with Gasteiger partial charge in [-0.15, -0.1) is 0 Å².